The van der Waals surface area contributed by atoms with E-state index >= 15 is 0 Å². The zero-order valence-electron chi connectivity index (χ0n) is 14.9. The van der Waals surface area contributed by atoms with Gasteiger partial charge in [-0.1, -0.05) is 6.07 Å². The van der Waals surface area contributed by atoms with Gasteiger partial charge in [-0.15, -0.1) is 4.83 Å². The van der Waals surface area contributed by atoms with E-state index in [1.54, 1.807) is 0 Å². The number of halogens is 12. The predicted octanol–water partition coefficient (Wildman–Crippen LogP) is 4.10. The van der Waals surface area contributed by atoms with Gasteiger partial charge in [0.15, 0.2) is 0 Å². The number of rotatable bonds is 4. The smallest absolute Gasteiger partial charge is 0.315 e. The Bertz CT molecular complexity index is 917. The fraction of sp³-hybridized carbons (Fsp3) is 0.462. The van der Waals surface area contributed by atoms with Crippen LogP contribution in [0, 0.1) is 0 Å². The minimum absolute atomic E-state index is 0.0890. The molecule has 0 heterocycles. The molecule has 0 aliphatic carbocycles. The molecule has 0 unspecified atom stereocenters. The molecule has 32 heavy (non-hydrogen) atoms. The van der Waals surface area contributed by atoms with Crippen LogP contribution in [0.15, 0.2) is 23.1 Å². The lowest BCUT2D eigenvalue weighted by Gasteiger charge is -2.34. The van der Waals surface area contributed by atoms with Crippen molar-refractivity contribution in [2.75, 3.05) is 0 Å². The molecule has 3 N–H and O–H groups in total. The van der Waals surface area contributed by atoms with Gasteiger partial charge in [0.05, 0.1) is 11.1 Å². The molecule has 6 nitrogen and oxygen atoms in total. The summed E-state index contributed by atoms with van der Waals surface area (Å²) in [4.78, 5) is 9.52. The van der Waals surface area contributed by atoms with Crippen LogP contribution in [0.2, 0.25) is 0 Å². The van der Waals surface area contributed by atoms with E-state index in [0.29, 0.717) is 15.6 Å². The van der Waals surface area contributed by atoms with Crippen molar-refractivity contribution in [3.63, 3.8) is 0 Å². The molecule has 2 amide bonds. The first-order valence-electron chi connectivity index (χ1n) is 7.46. The molecule has 0 saturated carbocycles. The lowest BCUT2D eigenvalue weighted by atomic mass is 10.0. The summed E-state index contributed by atoms with van der Waals surface area (Å²) in [7, 11) is -6.03. The van der Waals surface area contributed by atoms with E-state index in [-0.39, 0.29) is 18.2 Å². The molecule has 0 atom stereocenters. The van der Waals surface area contributed by atoms with Gasteiger partial charge in [-0.2, -0.15) is 52.7 Å². The first-order valence-corrected chi connectivity index (χ1v) is 8.94. The number of nitrogens with one attached hydrogen (secondary N) is 3. The lowest BCUT2D eigenvalue weighted by Crippen LogP contribution is -2.67. The summed E-state index contributed by atoms with van der Waals surface area (Å²) >= 11 is 0. The highest BCUT2D eigenvalue weighted by molar-refractivity contribution is 7.89. The molecule has 0 saturated heterocycles. The minimum atomic E-state index is -6.19. The van der Waals surface area contributed by atoms with E-state index in [1.807, 2.05) is 0 Å². The highest BCUT2D eigenvalue weighted by atomic mass is 32.2. The van der Waals surface area contributed by atoms with Crippen molar-refractivity contribution in [1.82, 2.24) is 15.6 Å². The Morgan fingerprint density at radius 3 is 1.47 bits per heavy atom. The van der Waals surface area contributed by atoms with Crippen molar-refractivity contribution in [3.05, 3.63) is 29.3 Å². The van der Waals surface area contributed by atoms with Crippen molar-refractivity contribution in [1.29, 1.82) is 0 Å². The molecule has 0 spiro atoms. The monoisotopic (exact) mass is 515 g/mol. The number of carbonyl (C=O) groups is 1. The molecule has 1 aromatic rings. The summed E-state index contributed by atoms with van der Waals surface area (Å²) in [5, 5.41) is 0.316. The van der Waals surface area contributed by atoms with Crippen LogP contribution < -0.4 is 15.6 Å². The second-order valence-electron chi connectivity index (χ2n) is 5.98. The maximum atomic E-state index is 13.0. The molecular weight excluding hydrogens is 506 g/mol. The van der Waals surface area contributed by atoms with Gasteiger partial charge in [0.2, 0.25) is 5.54 Å². The first kappa shape index (κ1) is 27.6. The van der Waals surface area contributed by atoms with Crippen molar-refractivity contribution in [3.8, 4) is 0 Å². The standard InChI is InChI=1S/C13H9F12N3O3S/c1-9(12(20,21)22,13(23,24)25)26-8(29)27-28-32(30,31)7-5(10(14,15)16)3-2-4-6(7)11(17,18)19/h2-4,28H,1H3,(H2,26,27,29). The zero-order chi connectivity index (χ0) is 25.6. The van der Waals surface area contributed by atoms with Gasteiger partial charge in [0.1, 0.15) is 4.90 Å². The van der Waals surface area contributed by atoms with E-state index in [2.05, 4.69) is 0 Å². The lowest BCUT2D eigenvalue weighted by molar-refractivity contribution is -0.297. The predicted molar refractivity (Wildman–Crippen MR) is 78.9 cm³/mol. The number of sulfonamides is 1. The zero-order valence-corrected chi connectivity index (χ0v) is 15.7. The number of hydrazine groups is 1. The molecule has 0 bridgehead atoms. The summed E-state index contributed by atoms with van der Waals surface area (Å²) in [6.07, 6.45) is -23.8. The topological polar surface area (TPSA) is 87.3 Å². The van der Waals surface area contributed by atoms with Gasteiger partial charge in [-0.05, 0) is 19.1 Å². The van der Waals surface area contributed by atoms with Crippen molar-refractivity contribution >= 4 is 16.1 Å². The fourth-order valence-corrected chi connectivity index (χ4v) is 3.27. The summed E-state index contributed by atoms with van der Waals surface area (Å²) in [5.41, 5.74) is -9.06. The number of hydrogen-bond acceptors (Lipinski definition) is 3. The SMILES string of the molecule is CC(NC(=O)NNS(=O)(=O)c1c(C(F)(F)F)cccc1C(F)(F)F)(C(F)(F)F)C(F)(F)F. The number of alkyl halides is 12. The molecule has 0 fully saturated rings. The van der Waals surface area contributed by atoms with E-state index in [9.17, 15) is 65.9 Å². The van der Waals surface area contributed by atoms with E-state index < -0.39 is 69.2 Å². The molecular formula is C13H9F12N3O3S. The normalized spacial score (nSPS) is 14.3. The van der Waals surface area contributed by atoms with Crippen LogP contribution in [-0.4, -0.2) is 32.3 Å². The summed E-state index contributed by atoms with van der Waals surface area (Å²) in [6.45, 7) is -0.568. The number of hydrogen-bond donors (Lipinski definition) is 3. The van der Waals surface area contributed by atoms with E-state index in [4.69, 9.17) is 0 Å². The average Bonchev–Trinajstić information content (AvgIpc) is 2.56. The Morgan fingerprint density at radius 1 is 0.781 bits per heavy atom. The molecule has 0 aliphatic heterocycles. The third-order valence-corrected chi connectivity index (χ3v) is 5.04. The number of amides is 2. The van der Waals surface area contributed by atoms with E-state index in [1.165, 1.54) is 0 Å². The Balaban J connectivity index is 3.36. The van der Waals surface area contributed by atoms with Gasteiger partial charge in [0.25, 0.3) is 10.0 Å². The summed E-state index contributed by atoms with van der Waals surface area (Å²) in [5.74, 6) is 0. The maximum absolute atomic E-state index is 13.0. The molecule has 0 aliphatic rings. The highest BCUT2D eigenvalue weighted by Crippen LogP contribution is 2.43. The van der Waals surface area contributed by atoms with Crippen LogP contribution in [-0.2, 0) is 22.4 Å². The molecule has 184 valence electrons. The van der Waals surface area contributed by atoms with Crippen molar-refractivity contribution < 1.29 is 65.9 Å². The van der Waals surface area contributed by atoms with Crippen LogP contribution in [0.25, 0.3) is 0 Å². The van der Waals surface area contributed by atoms with Gasteiger partial charge < -0.3 is 5.32 Å². The molecule has 1 aromatic carbocycles. The molecule has 1 rings (SSSR count). The van der Waals surface area contributed by atoms with Gasteiger partial charge in [0, 0.05) is 0 Å². The van der Waals surface area contributed by atoms with Crippen LogP contribution in [0.1, 0.15) is 18.1 Å². The Hall–Kier alpha value is -2.44. The average molecular weight is 515 g/mol. The summed E-state index contributed by atoms with van der Waals surface area (Å²) < 4.78 is 178. The minimum Gasteiger partial charge on any atom is -0.315 e. The number of carbonyl (C=O) groups excluding carboxylic acids is 1. The Morgan fingerprint density at radius 2 is 1.16 bits per heavy atom. The molecule has 0 radical (unpaired) electrons. The quantitative estimate of drug-likeness (QED) is 0.417. The van der Waals surface area contributed by atoms with E-state index in [0.717, 1.165) is 0 Å². The third-order valence-electron chi connectivity index (χ3n) is 3.69. The molecule has 19 heteroatoms. The second-order valence-corrected chi connectivity index (χ2v) is 7.60. The van der Waals surface area contributed by atoms with Crippen LogP contribution in [0.5, 0.6) is 0 Å². The fourth-order valence-electron chi connectivity index (χ4n) is 2.00. The van der Waals surface area contributed by atoms with Crippen LogP contribution >= 0.6 is 0 Å². The third kappa shape index (κ3) is 5.67. The Kier molecular flexibility index (Phi) is 7.04. The van der Waals surface area contributed by atoms with Crippen LogP contribution in [0.4, 0.5) is 57.5 Å². The highest BCUT2D eigenvalue weighted by Gasteiger charge is 2.68. The summed E-state index contributed by atoms with van der Waals surface area (Å²) in [6, 6.07) is -2.57. The van der Waals surface area contributed by atoms with Gasteiger partial charge in [-0.3, -0.25) is 5.43 Å². The second kappa shape index (κ2) is 8.16. The first-order chi connectivity index (χ1) is 14.0. The number of benzene rings is 1. The van der Waals surface area contributed by atoms with Gasteiger partial charge >= 0.3 is 30.7 Å². The van der Waals surface area contributed by atoms with Crippen molar-refractivity contribution in [2.24, 2.45) is 0 Å². The van der Waals surface area contributed by atoms with Crippen molar-refractivity contribution in [2.45, 2.75) is 42.1 Å². The molecule has 0 aromatic heterocycles. The Labute approximate surface area is 170 Å². The maximum Gasteiger partial charge on any atom is 0.420 e. The van der Waals surface area contributed by atoms with Crippen LogP contribution in [0.3, 0.4) is 0 Å². The number of urea groups is 1. The largest absolute Gasteiger partial charge is 0.420 e. The van der Waals surface area contributed by atoms with Gasteiger partial charge in [-0.25, -0.2) is 13.2 Å².